The van der Waals surface area contributed by atoms with Gasteiger partial charge in [-0.1, -0.05) is 24.3 Å². The number of ether oxygens (including phenoxy) is 1. The van der Waals surface area contributed by atoms with Crippen LogP contribution in [-0.2, 0) is 4.79 Å². The van der Waals surface area contributed by atoms with Crippen molar-refractivity contribution in [3.05, 3.63) is 106 Å². The zero-order chi connectivity index (χ0) is 25.9. The minimum absolute atomic E-state index is 0.0799. The summed E-state index contributed by atoms with van der Waals surface area (Å²) in [4.78, 5) is 50.3. The van der Waals surface area contributed by atoms with E-state index in [9.17, 15) is 18.8 Å². The lowest BCUT2D eigenvalue weighted by molar-refractivity contribution is -0.114. The lowest BCUT2D eigenvalue weighted by Crippen LogP contribution is -2.49. The highest BCUT2D eigenvalue weighted by atomic mass is 19.1. The van der Waals surface area contributed by atoms with Crippen molar-refractivity contribution in [2.75, 3.05) is 38.2 Å². The summed E-state index contributed by atoms with van der Waals surface area (Å²) >= 11 is 0. The Balaban J connectivity index is 1.32. The van der Waals surface area contributed by atoms with Gasteiger partial charge in [0, 0.05) is 43.4 Å². The lowest BCUT2D eigenvalue weighted by Gasteiger charge is -2.36. The Hall–Kier alpha value is -4.66. The van der Waals surface area contributed by atoms with Crippen LogP contribution >= 0.6 is 0 Å². The number of halogens is 1. The highest BCUT2D eigenvalue weighted by Crippen LogP contribution is 2.21. The summed E-state index contributed by atoms with van der Waals surface area (Å²) in [6, 6.07) is 17.9. The number of amides is 2. The molecular formula is C28H23FN4O4. The van der Waals surface area contributed by atoms with E-state index in [-0.39, 0.29) is 22.8 Å². The van der Waals surface area contributed by atoms with Crippen molar-refractivity contribution in [3.8, 4) is 5.75 Å². The Labute approximate surface area is 212 Å². The average molecular weight is 499 g/mol. The number of carbonyl (C=O) groups excluding carboxylic acids is 3. The molecule has 0 atom stereocenters. The molecule has 1 fully saturated rings. The molecule has 2 aliphatic rings. The van der Waals surface area contributed by atoms with E-state index in [0.717, 1.165) is 6.08 Å². The molecule has 0 aliphatic carbocycles. The van der Waals surface area contributed by atoms with Crippen LogP contribution in [0, 0.1) is 5.82 Å². The monoisotopic (exact) mass is 498 g/mol. The van der Waals surface area contributed by atoms with E-state index in [1.807, 2.05) is 4.90 Å². The Morgan fingerprint density at radius 1 is 0.892 bits per heavy atom. The quantitative estimate of drug-likeness (QED) is 0.398. The van der Waals surface area contributed by atoms with Gasteiger partial charge >= 0.3 is 0 Å². The summed E-state index contributed by atoms with van der Waals surface area (Å²) < 4.78 is 19.2. The van der Waals surface area contributed by atoms with Gasteiger partial charge in [-0.15, -0.1) is 0 Å². The smallest absolute Gasteiger partial charge is 0.296 e. The summed E-state index contributed by atoms with van der Waals surface area (Å²) in [6.45, 7) is 1.88. The molecule has 9 heteroatoms. The Bertz CT molecular complexity index is 1560. The van der Waals surface area contributed by atoms with Gasteiger partial charge < -0.3 is 14.5 Å². The molecule has 8 nitrogen and oxygen atoms in total. The number of para-hydroxylation sites is 1. The first-order valence-corrected chi connectivity index (χ1v) is 11.7. The van der Waals surface area contributed by atoms with E-state index in [0.29, 0.717) is 54.1 Å². The number of fused-ring (bicyclic) bond motifs is 1. The van der Waals surface area contributed by atoms with E-state index in [4.69, 9.17) is 4.74 Å². The van der Waals surface area contributed by atoms with Crippen molar-refractivity contribution in [3.63, 3.8) is 0 Å². The highest BCUT2D eigenvalue weighted by molar-refractivity contribution is 6.10. The third kappa shape index (κ3) is 5.02. The van der Waals surface area contributed by atoms with Crippen molar-refractivity contribution in [2.24, 2.45) is 9.98 Å². The molecule has 2 heterocycles. The van der Waals surface area contributed by atoms with Gasteiger partial charge in [0.15, 0.2) is 5.78 Å². The predicted molar refractivity (Wildman–Crippen MR) is 134 cm³/mol. The van der Waals surface area contributed by atoms with Crippen LogP contribution < -0.4 is 20.4 Å². The van der Waals surface area contributed by atoms with Gasteiger partial charge in [0.2, 0.25) is 0 Å². The molecule has 0 aromatic heterocycles. The average Bonchev–Trinajstić information content (AvgIpc) is 2.93. The second-order valence-corrected chi connectivity index (χ2v) is 8.59. The molecule has 0 spiro atoms. The van der Waals surface area contributed by atoms with Crippen LogP contribution in [0.25, 0.3) is 0 Å². The van der Waals surface area contributed by atoms with Crippen molar-refractivity contribution in [1.29, 1.82) is 0 Å². The van der Waals surface area contributed by atoms with Crippen LogP contribution in [0.3, 0.4) is 0 Å². The van der Waals surface area contributed by atoms with E-state index in [2.05, 4.69) is 9.98 Å². The fraction of sp³-hybridized carbons (Fsp3) is 0.179. The number of allylic oxidation sites excluding steroid dienone is 1. The fourth-order valence-electron chi connectivity index (χ4n) is 4.30. The summed E-state index contributed by atoms with van der Waals surface area (Å²) in [5, 5.41) is 0.664. The van der Waals surface area contributed by atoms with Crippen LogP contribution in [-0.4, -0.2) is 55.8 Å². The minimum atomic E-state index is -0.660. The number of benzene rings is 3. The van der Waals surface area contributed by atoms with Gasteiger partial charge in [0.25, 0.3) is 11.8 Å². The van der Waals surface area contributed by atoms with Crippen LogP contribution in [0.4, 0.5) is 10.1 Å². The molecular weight excluding hydrogens is 475 g/mol. The second-order valence-electron chi connectivity index (χ2n) is 8.59. The summed E-state index contributed by atoms with van der Waals surface area (Å²) in [7, 11) is 1.50. The molecule has 2 amide bonds. The van der Waals surface area contributed by atoms with Gasteiger partial charge in [0.1, 0.15) is 17.3 Å². The van der Waals surface area contributed by atoms with Gasteiger partial charge in [-0.05, 0) is 42.5 Å². The molecule has 0 saturated carbocycles. The molecule has 0 bridgehead atoms. The third-order valence-electron chi connectivity index (χ3n) is 6.29. The first-order valence-electron chi connectivity index (χ1n) is 11.7. The van der Waals surface area contributed by atoms with Crippen LogP contribution in [0.5, 0.6) is 5.75 Å². The maximum absolute atomic E-state index is 14.1. The molecule has 37 heavy (non-hydrogen) atoms. The number of anilines is 1. The van der Waals surface area contributed by atoms with Crippen molar-refractivity contribution < 1.29 is 23.5 Å². The van der Waals surface area contributed by atoms with Gasteiger partial charge in [-0.3, -0.25) is 14.4 Å². The molecule has 1 saturated heterocycles. The molecule has 0 unspecified atom stereocenters. The van der Waals surface area contributed by atoms with Crippen LogP contribution in [0.2, 0.25) is 0 Å². The first kappa shape index (κ1) is 24.1. The van der Waals surface area contributed by atoms with E-state index >= 15 is 0 Å². The topological polar surface area (TPSA) is 91.6 Å². The minimum Gasteiger partial charge on any atom is -0.497 e. The maximum Gasteiger partial charge on any atom is 0.296 e. The molecule has 0 N–H and O–H groups in total. The van der Waals surface area contributed by atoms with Crippen molar-refractivity contribution in [1.82, 2.24) is 4.90 Å². The largest absolute Gasteiger partial charge is 0.497 e. The number of nitrogens with zero attached hydrogens (tertiary/aromatic N) is 4. The zero-order valence-electron chi connectivity index (χ0n) is 20.1. The van der Waals surface area contributed by atoms with Gasteiger partial charge in [0.05, 0.1) is 23.5 Å². The number of rotatable bonds is 5. The van der Waals surface area contributed by atoms with Gasteiger partial charge in [-0.25, -0.2) is 14.4 Å². The molecule has 0 radical (unpaired) electrons. The third-order valence-corrected chi connectivity index (χ3v) is 6.29. The summed E-state index contributed by atoms with van der Waals surface area (Å²) in [6.07, 6.45) is 1.15. The Morgan fingerprint density at radius 2 is 1.68 bits per heavy atom. The number of piperazine rings is 1. The summed E-state index contributed by atoms with van der Waals surface area (Å²) in [5.74, 6) is -1.02. The molecule has 3 aromatic carbocycles. The van der Waals surface area contributed by atoms with Crippen molar-refractivity contribution >= 4 is 23.3 Å². The van der Waals surface area contributed by atoms with Crippen LogP contribution in [0.15, 0.2) is 88.5 Å². The molecule has 3 aromatic rings. The Kier molecular flexibility index (Phi) is 6.59. The Morgan fingerprint density at radius 3 is 2.43 bits per heavy atom. The summed E-state index contributed by atoms with van der Waals surface area (Å²) in [5.41, 5.74) is 1.18. The predicted octanol–water partition coefficient (Wildman–Crippen LogP) is 2.34. The lowest BCUT2D eigenvalue weighted by atomic mass is 10.1. The SMILES string of the molecule is COc1cccc(C(=O)/C=C2\N=c3ccc(C(=O)N4CCN(c5ccccc5F)CC4)cc3=NC2=O)c1. The van der Waals surface area contributed by atoms with E-state index < -0.39 is 11.7 Å². The van der Waals surface area contributed by atoms with Crippen molar-refractivity contribution in [2.45, 2.75) is 0 Å². The number of ketones is 1. The number of carbonyl (C=O) groups is 3. The first-order chi connectivity index (χ1) is 17.9. The van der Waals surface area contributed by atoms with Gasteiger partial charge in [-0.2, -0.15) is 0 Å². The van der Waals surface area contributed by atoms with E-state index in [1.165, 1.54) is 19.2 Å². The normalized spacial score (nSPS) is 16.1. The van der Waals surface area contributed by atoms with E-state index in [1.54, 1.807) is 59.5 Å². The maximum atomic E-state index is 14.1. The molecule has 5 rings (SSSR count). The second kappa shape index (κ2) is 10.1. The standard InChI is InChI=1S/C28H23FN4O4/c1-37-20-6-4-5-18(15-20)26(34)17-24-27(35)31-23-16-19(9-10-22(23)30-24)28(36)33-13-11-32(12-14-33)25-8-3-2-7-21(25)29/h2-10,15-17H,11-14H2,1H3/b24-17-. The molecule has 2 aliphatic heterocycles. The number of methoxy groups -OCH3 is 1. The highest BCUT2D eigenvalue weighted by Gasteiger charge is 2.24. The number of hydrogen-bond donors (Lipinski definition) is 0. The number of hydrogen-bond acceptors (Lipinski definition) is 6. The molecule has 186 valence electrons. The fourth-order valence-corrected chi connectivity index (χ4v) is 4.30. The van der Waals surface area contributed by atoms with Crippen LogP contribution in [0.1, 0.15) is 20.7 Å². The zero-order valence-corrected chi connectivity index (χ0v) is 20.1.